The van der Waals surface area contributed by atoms with Crippen LogP contribution in [0.1, 0.15) is 34.1 Å². The third kappa shape index (κ3) is 5.61. The molecule has 0 saturated heterocycles. The lowest BCUT2D eigenvalue weighted by Crippen LogP contribution is -1.82. The summed E-state index contributed by atoms with van der Waals surface area (Å²) in [6.07, 6.45) is 7.76. The minimum atomic E-state index is 0.718. The first kappa shape index (κ1) is 9.48. The molecule has 0 aromatic carbocycles. The summed E-state index contributed by atoms with van der Waals surface area (Å²) >= 11 is 0. The minimum absolute atomic E-state index is 0.718. The molecule has 0 fully saturated rings. The zero-order chi connectivity index (χ0) is 7.98. The van der Waals surface area contributed by atoms with Crippen LogP contribution in [-0.2, 0) is 0 Å². The smallest absolute Gasteiger partial charge is 0.0261 e. The summed E-state index contributed by atoms with van der Waals surface area (Å²) in [6, 6.07) is 0. The summed E-state index contributed by atoms with van der Waals surface area (Å²) in [7, 11) is 0. The van der Waals surface area contributed by atoms with Gasteiger partial charge in [-0.2, -0.15) is 0 Å². The van der Waals surface area contributed by atoms with E-state index in [0.29, 0.717) is 0 Å². The average molecular weight is 138 g/mol. The molecule has 1 atom stereocenters. The highest BCUT2D eigenvalue weighted by Crippen LogP contribution is 2.02. The first-order valence-electron chi connectivity index (χ1n) is 3.98. The Hall–Kier alpha value is -0.520. The van der Waals surface area contributed by atoms with Gasteiger partial charge in [-0.25, -0.2) is 0 Å². The van der Waals surface area contributed by atoms with E-state index in [1.165, 1.54) is 12.0 Å². The van der Waals surface area contributed by atoms with Crippen LogP contribution in [0.5, 0.6) is 0 Å². The average Bonchev–Trinajstić information content (AvgIpc) is 1.87. The lowest BCUT2D eigenvalue weighted by molar-refractivity contribution is 0.698. The van der Waals surface area contributed by atoms with Gasteiger partial charge in [-0.15, -0.1) is 0 Å². The van der Waals surface area contributed by atoms with Crippen molar-refractivity contribution in [3.8, 4) is 0 Å². The SMILES string of the molecule is CCC(C)/C=C\C=C(C)C. The van der Waals surface area contributed by atoms with Crippen molar-refractivity contribution in [2.45, 2.75) is 34.1 Å². The Morgan fingerprint density at radius 2 is 2.00 bits per heavy atom. The first-order valence-corrected chi connectivity index (χ1v) is 3.98. The standard InChI is InChI=1S/C10H18/c1-5-10(4)8-6-7-9(2)3/h6-8,10H,5H2,1-4H3/b8-6-. The topological polar surface area (TPSA) is 0 Å². The van der Waals surface area contributed by atoms with Gasteiger partial charge < -0.3 is 0 Å². The fourth-order valence-electron chi connectivity index (χ4n) is 0.574. The predicted molar refractivity (Wildman–Crippen MR) is 48.0 cm³/mol. The zero-order valence-electron chi connectivity index (χ0n) is 7.52. The third-order valence-corrected chi connectivity index (χ3v) is 1.51. The fraction of sp³-hybridized carbons (Fsp3) is 0.600. The van der Waals surface area contributed by atoms with E-state index < -0.39 is 0 Å². The Labute approximate surface area is 64.6 Å². The first-order chi connectivity index (χ1) is 4.66. The van der Waals surface area contributed by atoms with E-state index >= 15 is 0 Å². The lowest BCUT2D eigenvalue weighted by Gasteiger charge is -1.96. The monoisotopic (exact) mass is 138 g/mol. The van der Waals surface area contributed by atoms with Crippen molar-refractivity contribution >= 4 is 0 Å². The van der Waals surface area contributed by atoms with E-state index in [1.54, 1.807) is 0 Å². The highest BCUT2D eigenvalue weighted by atomic mass is 13.9. The van der Waals surface area contributed by atoms with Crippen LogP contribution in [0.15, 0.2) is 23.8 Å². The summed E-state index contributed by atoms with van der Waals surface area (Å²) in [4.78, 5) is 0. The number of rotatable bonds is 3. The molecule has 0 saturated carbocycles. The van der Waals surface area contributed by atoms with Crippen LogP contribution >= 0.6 is 0 Å². The maximum atomic E-state index is 2.24. The van der Waals surface area contributed by atoms with E-state index in [4.69, 9.17) is 0 Å². The second-order valence-corrected chi connectivity index (χ2v) is 3.01. The van der Waals surface area contributed by atoms with Crippen molar-refractivity contribution in [3.63, 3.8) is 0 Å². The molecule has 0 bridgehead atoms. The molecular weight excluding hydrogens is 120 g/mol. The van der Waals surface area contributed by atoms with E-state index in [-0.39, 0.29) is 0 Å². The Morgan fingerprint density at radius 3 is 2.40 bits per heavy atom. The van der Waals surface area contributed by atoms with Gasteiger partial charge in [-0.05, 0) is 19.8 Å². The molecule has 0 spiro atoms. The van der Waals surface area contributed by atoms with Gasteiger partial charge in [0.05, 0.1) is 0 Å². The zero-order valence-corrected chi connectivity index (χ0v) is 7.52. The highest BCUT2D eigenvalue weighted by molar-refractivity contribution is 5.08. The number of hydrogen-bond donors (Lipinski definition) is 0. The van der Waals surface area contributed by atoms with Crippen LogP contribution in [0.25, 0.3) is 0 Å². The van der Waals surface area contributed by atoms with E-state index in [2.05, 4.69) is 45.9 Å². The summed E-state index contributed by atoms with van der Waals surface area (Å²) in [5, 5.41) is 0. The third-order valence-electron chi connectivity index (χ3n) is 1.51. The Morgan fingerprint density at radius 1 is 1.40 bits per heavy atom. The molecule has 0 N–H and O–H groups in total. The molecule has 58 valence electrons. The molecule has 0 rings (SSSR count). The van der Waals surface area contributed by atoms with Crippen molar-refractivity contribution in [1.29, 1.82) is 0 Å². The number of allylic oxidation sites excluding steroid dienone is 4. The van der Waals surface area contributed by atoms with Gasteiger partial charge in [0, 0.05) is 0 Å². The van der Waals surface area contributed by atoms with Crippen LogP contribution in [0, 0.1) is 5.92 Å². The molecule has 0 radical (unpaired) electrons. The summed E-state index contributed by atoms with van der Waals surface area (Å²) in [5.41, 5.74) is 1.36. The molecule has 0 aliphatic rings. The molecule has 0 aliphatic heterocycles. The van der Waals surface area contributed by atoms with Gasteiger partial charge in [0.2, 0.25) is 0 Å². The molecule has 0 heteroatoms. The Balaban J connectivity index is 3.66. The van der Waals surface area contributed by atoms with Gasteiger partial charge in [-0.1, -0.05) is 44.1 Å². The molecule has 0 heterocycles. The molecular formula is C10H18. The van der Waals surface area contributed by atoms with Crippen LogP contribution in [0.4, 0.5) is 0 Å². The molecule has 0 aliphatic carbocycles. The normalized spacial score (nSPS) is 13.6. The van der Waals surface area contributed by atoms with Gasteiger partial charge in [0.1, 0.15) is 0 Å². The van der Waals surface area contributed by atoms with Crippen molar-refractivity contribution in [1.82, 2.24) is 0 Å². The summed E-state index contributed by atoms with van der Waals surface area (Å²) < 4.78 is 0. The van der Waals surface area contributed by atoms with Crippen molar-refractivity contribution in [2.75, 3.05) is 0 Å². The van der Waals surface area contributed by atoms with Crippen LogP contribution < -0.4 is 0 Å². The number of hydrogen-bond acceptors (Lipinski definition) is 0. The summed E-state index contributed by atoms with van der Waals surface area (Å²) in [5.74, 6) is 0.718. The highest BCUT2D eigenvalue weighted by Gasteiger charge is 1.87. The van der Waals surface area contributed by atoms with E-state index in [0.717, 1.165) is 5.92 Å². The fourth-order valence-corrected chi connectivity index (χ4v) is 0.574. The van der Waals surface area contributed by atoms with E-state index in [9.17, 15) is 0 Å². The Bertz CT molecular complexity index is 125. The van der Waals surface area contributed by atoms with Crippen molar-refractivity contribution in [2.24, 2.45) is 5.92 Å². The lowest BCUT2D eigenvalue weighted by atomic mass is 10.1. The molecule has 1 unspecified atom stereocenters. The second kappa shape index (κ2) is 5.28. The minimum Gasteiger partial charge on any atom is -0.0817 e. The van der Waals surface area contributed by atoms with E-state index in [1.807, 2.05) is 0 Å². The van der Waals surface area contributed by atoms with Gasteiger partial charge in [0.25, 0.3) is 0 Å². The van der Waals surface area contributed by atoms with Crippen molar-refractivity contribution < 1.29 is 0 Å². The largest absolute Gasteiger partial charge is 0.0817 e. The van der Waals surface area contributed by atoms with Gasteiger partial charge in [-0.3, -0.25) is 0 Å². The molecule has 0 amide bonds. The molecule has 10 heavy (non-hydrogen) atoms. The predicted octanol–water partition coefficient (Wildman–Crippen LogP) is 3.55. The summed E-state index contributed by atoms with van der Waals surface area (Å²) in [6.45, 7) is 8.66. The van der Waals surface area contributed by atoms with Crippen LogP contribution in [0.2, 0.25) is 0 Å². The quantitative estimate of drug-likeness (QED) is 0.523. The van der Waals surface area contributed by atoms with Gasteiger partial charge >= 0.3 is 0 Å². The van der Waals surface area contributed by atoms with Crippen molar-refractivity contribution in [3.05, 3.63) is 23.8 Å². The van der Waals surface area contributed by atoms with Gasteiger partial charge in [0.15, 0.2) is 0 Å². The second-order valence-electron chi connectivity index (χ2n) is 3.01. The molecule has 0 aromatic heterocycles. The van der Waals surface area contributed by atoms with Crippen LogP contribution in [0.3, 0.4) is 0 Å². The molecule has 0 aromatic rings. The Kier molecular flexibility index (Phi) is 5.00. The maximum Gasteiger partial charge on any atom is -0.0261 e. The maximum absolute atomic E-state index is 2.24. The van der Waals surface area contributed by atoms with Crippen LogP contribution in [-0.4, -0.2) is 0 Å². The molecule has 0 nitrogen and oxygen atoms in total.